The number of halogens is 1. The van der Waals surface area contributed by atoms with E-state index >= 15 is 0 Å². The molecule has 146 valence electrons. The first-order chi connectivity index (χ1) is 12.7. The molecule has 0 aliphatic heterocycles. The van der Waals surface area contributed by atoms with E-state index in [1.54, 1.807) is 0 Å². The highest BCUT2D eigenvalue weighted by atomic mass is 32.2. The molecule has 6 nitrogen and oxygen atoms in total. The summed E-state index contributed by atoms with van der Waals surface area (Å²) in [5, 5.41) is 2.66. The molecule has 0 radical (unpaired) electrons. The third-order valence-corrected chi connectivity index (χ3v) is 5.16. The molecule has 2 aromatic rings. The van der Waals surface area contributed by atoms with Crippen LogP contribution in [0.25, 0.3) is 0 Å². The van der Waals surface area contributed by atoms with E-state index in [1.165, 1.54) is 19.1 Å². The van der Waals surface area contributed by atoms with Crippen LogP contribution in [0.1, 0.15) is 12.5 Å². The monoisotopic (exact) mass is 394 g/mol. The molecule has 0 heterocycles. The highest BCUT2D eigenvalue weighted by Crippen LogP contribution is 2.21. The fraction of sp³-hybridized carbons (Fsp3) is 0.316. The van der Waals surface area contributed by atoms with E-state index in [1.807, 2.05) is 31.2 Å². The molecule has 0 aromatic heterocycles. The number of hydrogen-bond acceptors (Lipinski definition) is 4. The third kappa shape index (κ3) is 5.68. The van der Waals surface area contributed by atoms with E-state index in [0.29, 0.717) is 0 Å². The molecule has 1 N–H and O–H groups in total. The summed E-state index contributed by atoms with van der Waals surface area (Å²) < 4.78 is 44.0. The highest BCUT2D eigenvalue weighted by Gasteiger charge is 2.28. The predicted molar refractivity (Wildman–Crippen MR) is 103 cm³/mol. The minimum Gasteiger partial charge on any atom is -0.491 e. The van der Waals surface area contributed by atoms with Gasteiger partial charge in [-0.2, -0.15) is 0 Å². The van der Waals surface area contributed by atoms with Gasteiger partial charge in [-0.1, -0.05) is 18.2 Å². The van der Waals surface area contributed by atoms with Crippen LogP contribution < -0.4 is 14.4 Å². The van der Waals surface area contributed by atoms with Crippen LogP contribution >= 0.6 is 0 Å². The molecular formula is C19H23FN2O4S. The van der Waals surface area contributed by atoms with Gasteiger partial charge in [-0.05, 0) is 49.7 Å². The maximum Gasteiger partial charge on any atom is 0.243 e. The Hall–Kier alpha value is -2.61. The maximum absolute atomic E-state index is 13.1. The first-order valence-corrected chi connectivity index (χ1v) is 10.3. The molecule has 1 amide bonds. The fourth-order valence-corrected chi connectivity index (χ4v) is 3.77. The summed E-state index contributed by atoms with van der Waals surface area (Å²) in [6, 6.07) is 11.5. The lowest BCUT2D eigenvalue weighted by atomic mass is 10.2. The molecular weight excluding hydrogens is 371 g/mol. The topological polar surface area (TPSA) is 75.7 Å². The van der Waals surface area contributed by atoms with Gasteiger partial charge in [-0.25, -0.2) is 12.8 Å². The van der Waals surface area contributed by atoms with Crippen LogP contribution in [0.5, 0.6) is 5.75 Å². The lowest BCUT2D eigenvalue weighted by Crippen LogP contribution is -2.48. The van der Waals surface area contributed by atoms with Crippen LogP contribution in [0, 0.1) is 12.7 Å². The molecule has 0 aliphatic rings. The fourth-order valence-electron chi connectivity index (χ4n) is 2.60. The zero-order valence-electron chi connectivity index (χ0n) is 15.5. The Morgan fingerprint density at radius 2 is 1.81 bits per heavy atom. The van der Waals surface area contributed by atoms with E-state index in [9.17, 15) is 17.6 Å². The summed E-state index contributed by atoms with van der Waals surface area (Å²) >= 11 is 0. The second kappa shape index (κ2) is 8.85. The van der Waals surface area contributed by atoms with E-state index in [-0.39, 0.29) is 18.8 Å². The van der Waals surface area contributed by atoms with Crippen LogP contribution in [0.4, 0.5) is 10.1 Å². The molecule has 1 atom stereocenters. The normalized spacial score (nSPS) is 12.3. The van der Waals surface area contributed by atoms with Crippen molar-refractivity contribution in [3.8, 4) is 5.75 Å². The van der Waals surface area contributed by atoms with Gasteiger partial charge in [0.1, 0.15) is 24.2 Å². The van der Waals surface area contributed by atoms with Crippen molar-refractivity contribution in [2.75, 3.05) is 23.7 Å². The smallest absolute Gasteiger partial charge is 0.243 e. The number of ether oxygens (including phenoxy) is 1. The van der Waals surface area contributed by atoms with Crippen molar-refractivity contribution in [2.24, 2.45) is 0 Å². The molecule has 27 heavy (non-hydrogen) atoms. The van der Waals surface area contributed by atoms with E-state index in [0.717, 1.165) is 34.0 Å². The summed E-state index contributed by atoms with van der Waals surface area (Å²) in [7, 11) is -3.74. The summed E-state index contributed by atoms with van der Waals surface area (Å²) in [4.78, 5) is 12.4. The summed E-state index contributed by atoms with van der Waals surface area (Å²) in [6.45, 7) is 3.86. The molecule has 0 spiro atoms. The second-order valence-electron chi connectivity index (χ2n) is 6.12. The molecule has 0 saturated heterocycles. The van der Waals surface area contributed by atoms with Crippen molar-refractivity contribution in [2.45, 2.75) is 19.9 Å². The Morgan fingerprint density at radius 3 is 2.41 bits per heavy atom. The van der Waals surface area contributed by atoms with E-state index in [2.05, 4.69) is 5.32 Å². The second-order valence-corrected chi connectivity index (χ2v) is 7.98. The number of anilines is 1. The van der Waals surface area contributed by atoms with Gasteiger partial charge in [0.25, 0.3) is 0 Å². The average molecular weight is 394 g/mol. The first-order valence-electron chi connectivity index (χ1n) is 8.41. The standard InChI is InChI=1S/C19H23FN2O4S/c1-14-6-4-5-7-18(14)26-13-12-21-19(23)15(2)22(27(3,24)25)17-10-8-16(20)9-11-17/h4-11,15H,12-13H2,1-3H3,(H,21,23)/t15-/m0/s1. The minimum absolute atomic E-state index is 0.220. The number of amides is 1. The zero-order chi connectivity index (χ0) is 20.0. The lowest BCUT2D eigenvalue weighted by Gasteiger charge is -2.28. The number of nitrogens with one attached hydrogen (secondary N) is 1. The SMILES string of the molecule is Cc1ccccc1OCCNC(=O)[C@H](C)N(c1ccc(F)cc1)S(C)(=O)=O. The largest absolute Gasteiger partial charge is 0.491 e. The molecule has 0 aliphatic carbocycles. The third-order valence-electron chi connectivity index (χ3n) is 3.92. The van der Waals surface area contributed by atoms with Gasteiger partial charge in [0.15, 0.2) is 0 Å². The summed E-state index contributed by atoms with van der Waals surface area (Å²) in [5.41, 5.74) is 1.20. The van der Waals surface area contributed by atoms with Gasteiger partial charge in [-0.3, -0.25) is 9.10 Å². The van der Waals surface area contributed by atoms with Crippen molar-refractivity contribution in [3.63, 3.8) is 0 Å². The van der Waals surface area contributed by atoms with Crippen LogP contribution in [0.3, 0.4) is 0 Å². The van der Waals surface area contributed by atoms with Crippen LogP contribution in [-0.2, 0) is 14.8 Å². The van der Waals surface area contributed by atoms with Gasteiger partial charge >= 0.3 is 0 Å². The number of benzene rings is 2. The van der Waals surface area contributed by atoms with Crippen LogP contribution in [0.15, 0.2) is 48.5 Å². The van der Waals surface area contributed by atoms with E-state index in [4.69, 9.17) is 4.74 Å². The van der Waals surface area contributed by atoms with Crippen molar-refractivity contribution in [3.05, 3.63) is 59.9 Å². The Labute approximate surface area is 159 Å². The number of para-hydroxylation sites is 1. The number of sulfonamides is 1. The number of aryl methyl sites for hydroxylation is 1. The Kier molecular flexibility index (Phi) is 6.79. The molecule has 2 rings (SSSR count). The lowest BCUT2D eigenvalue weighted by molar-refractivity contribution is -0.121. The Morgan fingerprint density at radius 1 is 1.19 bits per heavy atom. The molecule has 8 heteroatoms. The quantitative estimate of drug-likeness (QED) is 0.698. The molecule has 0 fully saturated rings. The van der Waals surface area contributed by atoms with Crippen molar-refractivity contribution >= 4 is 21.6 Å². The van der Waals surface area contributed by atoms with Crippen molar-refractivity contribution in [1.29, 1.82) is 0 Å². The number of hydrogen-bond donors (Lipinski definition) is 1. The van der Waals surface area contributed by atoms with Gasteiger partial charge in [-0.15, -0.1) is 0 Å². The summed E-state index contributed by atoms with van der Waals surface area (Å²) in [5.74, 6) is -0.236. The first kappa shape index (κ1) is 20.7. The molecule has 0 unspecified atom stereocenters. The van der Waals surface area contributed by atoms with Gasteiger partial charge in [0.2, 0.25) is 15.9 Å². The molecule has 2 aromatic carbocycles. The van der Waals surface area contributed by atoms with Crippen LogP contribution in [-0.4, -0.2) is 39.8 Å². The number of carbonyl (C=O) groups excluding carboxylic acids is 1. The zero-order valence-corrected chi connectivity index (χ0v) is 16.3. The predicted octanol–water partition coefficient (Wildman–Crippen LogP) is 2.48. The van der Waals surface area contributed by atoms with Crippen molar-refractivity contribution < 1.29 is 22.3 Å². The Balaban J connectivity index is 1.98. The average Bonchev–Trinajstić information content (AvgIpc) is 2.60. The van der Waals surface area contributed by atoms with Gasteiger partial charge < -0.3 is 10.1 Å². The molecule has 0 saturated carbocycles. The number of nitrogens with zero attached hydrogens (tertiary/aromatic N) is 1. The van der Waals surface area contributed by atoms with Gasteiger partial charge in [0, 0.05) is 0 Å². The highest BCUT2D eigenvalue weighted by molar-refractivity contribution is 7.92. The number of carbonyl (C=O) groups is 1. The van der Waals surface area contributed by atoms with Crippen LogP contribution in [0.2, 0.25) is 0 Å². The van der Waals surface area contributed by atoms with Crippen molar-refractivity contribution in [1.82, 2.24) is 5.32 Å². The minimum atomic E-state index is -3.74. The number of rotatable bonds is 8. The Bertz CT molecular complexity index is 885. The molecule has 0 bridgehead atoms. The summed E-state index contributed by atoms with van der Waals surface area (Å²) in [6.07, 6.45) is 1.00. The maximum atomic E-state index is 13.1. The van der Waals surface area contributed by atoms with Gasteiger partial charge in [0.05, 0.1) is 18.5 Å². The van der Waals surface area contributed by atoms with E-state index < -0.39 is 27.8 Å².